The second kappa shape index (κ2) is 15.0. The molecule has 4 aromatic rings. The van der Waals surface area contributed by atoms with E-state index in [9.17, 15) is 14.4 Å². The first-order valence-corrected chi connectivity index (χ1v) is 15.9. The monoisotopic (exact) mass is 641 g/mol. The van der Waals surface area contributed by atoms with Gasteiger partial charge in [0, 0.05) is 45.2 Å². The van der Waals surface area contributed by atoms with Crippen LogP contribution >= 0.6 is 0 Å². The van der Waals surface area contributed by atoms with Gasteiger partial charge >= 0.3 is 0 Å². The van der Waals surface area contributed by atoms with E-state index in [1.165, 1.54) is 7.11 Å². The summed E-state index contributed by atoms with van der Waals surface area (Å²) in [5, 5.41) is 2.86. The Morgan fingerprint density at radius 2 is 1.79 bits per heavy atom. The van der Waals surface area contributed by atoms with Gasteiger partial charge in [-0.3, -0.25) is 14.4 Å². The van der Waals surface area contributed by atoms with Gasteiger partial charge in [0.2, 0.25) is 5.91 Å². The maximum absolute atomic E-state index is 13.6. The highest BCUT2D eigenvalue weighted by Gasteiger charge is 2.21. The average molecular weight is 642 g/mol. The van der Waals surface area contributed by atoms with E-state index in [4.69, 9.17) is 15.2 Å². The number of likely N-dealkylation sites (N-methyl/N-ethyl adjacent to an activating group) is 1. The Morgan fingerprint density at radius 3 is 2.55 bits per heavy atom. The fraction of sp³-hybridized carbons (Fsp3) is 0.371. The number of aryl methyl sites for hydroxylation is 1. The largest absolute Gasteiger partial charge is 0.495 e. The van der Waals surface area contributed by atoms with Crippen LogP contribution in [-0.2, 0) is 4.79 Å². The van der Waals surface area contributed by atoms with E-state index in [-0.39, 0.29) is 23.7 Å². The van der Waals surface area contributed by atoms with Crippen molar-refractivity contribution < 1.29 is 23.9 Å². The van der Waals surface area contributed by atoms with Gasteiger partial charge in [0.25, 0.3) is 11.8 Å². The topological polar surface area (TPSA) is 146 Å². The highest BCUT2D eigenvalue weighted by molar-refractivity contribution is 6.13. The number of piperazine rings is 1. The molecule has 4 N–H and O–H groups in total. The summed E-state index contributed by atoms with van der Waals surface area (Å²) in [4.78, 5) is 52.2. The molecule has 1 fully saturated rings. The molecule has 1 aliphatic rings. The number of nitrogens with two attached hydrogens (primary N) is 1. The van der Waals surface area contributed by atoms with Crippen LogP contribution in [-0.4, -0.2) is 91.5 Å². The van der Waals surface area contributed by atoms with Crippen LogP contribution in [0.15, 0.2) is 54.6 Å². The number of imidazole rings is 1. The van der Waals surface area contributed by atoms with Crippen molar-refractivity contribution in [2.75, 3.05) is 69.9 Å². The lowest BCUT2D eigenvalue weighted by Crippen LogP contribution is -2.47. The van der Waals surface area contributed by atoms with Gasteiger partial charge in [-0.15, -0.1) is 0 Å². The number of unbranched alkanes of at least 4 members (excludes halogenated alkanes) is 2. The van der Waals surface area contributed by atoms with E-state index in [0.29, 0.717) is 58.1 Å². The second-order valence-corrected chi connectivity index (χ2v) is 11.9. The van der Waals surface area contributed by atoms with Gasteiger partial charge in [0.05, 0.1) is 36.2 Å². The minimum absolute atomic E-state index is 0.219. The van der Waals surface area contributed by atoms with Crippen LogP contribution in [0.4, 0.5) is 17.3 Å². The smallest absolute Gasteiger partial charge is 0.258 e. The summed E-state index contributed by atoms with van der Waals surface area (Å²) in [7, 11) is 5.25. The third kappa shape index (κ3) is 8.01. The number of rotatable bonds is 12. The molecule has 1 aliphatic heterocycles. The van der Waals surface area contributed by atoms with Crippen LogP contribution in [0.25, 0.3) is 11.0 Å². The second-order valence-electron chi connectivity index (χ2n) is 11.9. The van der Waals surface area contributed by atoms with Crippen molar-refractivity contribution in [1.82, 2.24) is 19.8 Å². The lowest BCUT2D eigenvalue weighted by molar-refractivity contribution is -0.132. The lowest BCUT2D eigenvalue weighted by atomic mass is 10.1. The number of nitrogens with zero attached hydrogens (tertiary/aromatic N) is 4. The number of carbonyl (C=O) groups excluding carboxylic acids is 3. The summed E-state index contributed by atoms with van der Waals surface area (Å²) < 4.78 is 11.7. The molecule has 3 amide bonds. The summed E-state index contributed by atoms with van der Waals surface area (Å²) in [6, 6.07) is 15.8. The van der Waals surface area contributed by atoms with Crippen molar-refractivity contribution in [1.29, 1.82) is 0 Å². The van der Waals surface area contributed by atoms with Crippen LogP contribution in [0.1, 0.15) is 52.0 Å². The predicted molar refractivity (Wildman–Crippen MR) is 183 cm³/mol. The SMILES string of the molecule is COc1cc(C(=O)N(C)c2ccc(C)cc2OCCCCCC(=O)N2CCN(C)CC2)ccc1NC(=O)c1cccc2[nH]c(N)nc12. The highest BCUT2D eigenvalue weighted by Crippen LogP contribution is 2.32. The zero-order valence-corrected chi connectivity index (χ0v) is 27.5. The zero-order chi connectivity index (χ0) is 33.5. The van der Waals surface area contributed by atoms with Crippen molar-refractivity contribution in [2.45, 2.75) is 32.6 Å². The summed E-state index contributed by atoms with van der Waals surface area (Å²) in [6.45, 7) is 5.90. The number of amides is 3. The molecule has 5 rings (SSSR count). The molecule has 0 bridgehead atoms. The molecule has 0 atom stereocenters. The number of para-hydroxylation sites is 1. The zero-order valence-electron chi connectivity index (χ0n) is 27.5. The molecular formula is C35H43N7O5. The van der Waals surface area contributed by atoms with Crippen molar-refractivity contribution in [3.63, 3.8) is 0 Å². The fourth-order valence-electron chi connectivity index (χ4n) is 5.62. The van der Waals surface area contributed by atoms with Crippen molar-refractivity contribution in [2.24, 2.45) is 0 Å². The van der Waals surface area contributed by atoms with E-state index in [2.05, 4.69) is 27.2 Å². The number of fused-ring (bicyclic) bond motifs is 1. The molecule has 1 aromatic heterocycles. The van der Waals surface area contributed by atoms with E-state index < -0.39 is 0 Å². The first kappa shape index (κ1) is 33.3. The number of carbonyl (C=O) groups is 3. The predicted octanol–water partition coefficient (Wildman–Crippen LogP) is 4.70. The van der Waals surface area contributed by atoms with E-state index in [1.807, 2.05) is 30.0 Å². The number of ether oxygens (including phenoxy) is 2. The summed E-state index contributed by atoms with van der Waals surface area (Å²) in [5.74, 6) is 0.728. The Hall–Kier alpha value is -5.10. The maximum Gasteiger partial charge on any atom is 0.258 e. The van der Waals surface area contributed by atoms with Crippen LogP contribution in [0.5, 0.6) is 11.5 Å². The van der Waals surface area contributed by atoms with Crippen molar-refractivity contribution in [3.05, 3.63) is 71.3 Å². The van der Waals surface area contributed by atoms with Crippen molar-refractivity contribution in [3.8, 4) is 11.5 Å². The van der Waals surface area contributed by atoms with Crippen molar-refractivity contribution >= 4 is 46.1 Å². The van der Waals surface area contributed by atoms with Gasteiger partial charge in [0.1, 0.15) is 17.0 Å². The summed E-state index contributed by atoms with van der Waals surface area (Å²) in [6.07, 6.45) is 3.05. The van der Waals surface area contributed by atoms with Gasteiger partial charge in [0.15, 0.2) is 5.95 Å². The number of benzene rings is 3. The minimum Gasteiger partial charge on any atom is -0.495 e. The number of anilines is 3. The molecule has 12 nitrogen and oxygen atoms in total. The Labute approximate surface area is 274 Å². The molecule has 0 saturated carbocycles. The number of methoxy groups -OCH3 is 1. The third-order valence-corrected chi connectivity index (χ3v) is 8.40. The molecule has 248 valence electrons. The molecular weight excluding hydrogens is 598 g/mol. The number of nitrogens with one attached hydrogen (secondary N) is 2. The fourth-order valence-corrected chi connectivity index (χ4v) is 5.62. The number of nitrogen functional groups attached to an aromatic ring is 1. The van der Waals surface area contributed by atoms with E-state index in [0.717, 1.165) is 51.0 Å². The average Bonchev–Trinajstić information content (AvgIpc) is 3.46. The van der Waals surface area contributed by atoms with Crippen LogP contribution in [0.2, 0.25) is 0 Å². The highest BCUT2D eigenvalue weighted by atomic mass is 16.5. The molecule has 0 radical (unpaired) electrons. The first-order valence-electron chi connectivity index (χ1n) is 15.9. The minimum atomic E-state index is -0.389. The Balaban J connectivity index is 1.19. The number of aromatic amines is 1. The summed E-state index contributed by atoms with van der Waals surface area (Å²) in [5.41, 5.74) is 9.67. The first-order chi connectivity index (χ1) is 22.6. The van der Waals surface area contributed by atoms with Gasteiger partial charge in [-0.1, -0.05) is 12.1 Å². The molecule has 0 unspecified atom stereocenters. The molecule has 3 aromatic carbocycles. The Morgan fingerprint density at radius 1 is 1.00 bits per heavy atom. The molecule has 47 heavy (non-hydrogen) atoms. The van der Waals surface area contributed by atoms with Gasteiger partial charge < -0.3 is 40.2 Å². The van der Waals surface area contributed by atoms with Crippen LogP contribution in [0, 0.1) is 6.92 Å². The Bertz CT molecular complexity index is 1750. The van der Waals surface area contributed by atoms with Gasteiger partial charge in [-0.05, 0) is 81.3 Å². The number of hydrogen-bond donors (Lipinski definition) is 3. The number of aromatic nitrogens is 2. The standard InChI is InChI=1S/C35H43N7O5/c1-23-12-15-28(30(21-23)47-20-7-5-6-11-31(43)42-18-16-40(2)17-19-42)41(3)34(45)24-13-14-26(29(22-24)46-4)37-33(44)25-9-8-10-27-32(25)39-35(36)38-27/h8-10,12-15,21-22H,5-7,11,16-20H2,1-4H3,(H,37,44)(H3,36,38,39). The molecule has 2 heterocycles. The maximum atomic E-state index is 13.6. The van der Waals surface area contributed by atoms with E-state index in [1.54, 1.807) is 48.3 Å². The van der Waals surface area contributed by atoms with E-state index >= 15 is 0 Å². The molecule has 12 heteroatoms. The van der Waals surface area contributed by atoms with Crippen LogP contribution < -0.4 is 25.4 Å². The Kier molecular flexibility index (Phi) is 10.6. The summed E-state index contributed by atoms with van der Waals surface area (Å²) >= 11 is 0. The third-order valence-electron chi connectivity index (χ3n) is 8.40. The molecule has 0 spiro atoms. The van der Waals surface area contributed by atoms with Gasteiger partial charge in [-0.2, -0.15) is 0 Å². The lowest BCUT2D eigenvalue weighted by Gasteiger charge is -2.32. The number of H-pyrrole nitrogens is 1. The number of hydrogen-bond acceptors (Lipinski definition) is 8. The molecule has 1 saturated heterocycles. The quantitative estimate of drug-likeness (QED) is 0.189. The molecule has 0 aliphatic carbocycles. The van der Waals surface area contributed by atoms with Crippen LogP contribution in [0.3, 0.4) is 0 Å². The van der Waals surface area contributed by atoms with Gasteiger partial charge in [-0.25, -0.2) is 4.98 Å². The normalized spacial score (nSPS) is 13.4.